The van der Waals surface area contributed by atoms with Crippen LogP contribution in [0.1, 0.15) is 13.8 Å². The van der Waals surface area contributed by atoms with Crippen molar-refractivity contribution in [2.45, 2.75) is 30.8 Å². The van der Waals surface area contributed by atoms with Gasteiger partial charge < -0.3 is 5.32 Å². The van der Waals surface area contributed by atoms with Crippen LogP contribution in [0.5, 0.6) is 0 Å². The van der Waals surface area contributed by atoms with Crippen LogP contribution in [-0.4, -0.2) is 37.9 Å². The Labute approximate surface area is 129 Å². The van der Waals surface area contributed by atoms with E-state index in [1.807, 2.05) is 13.8 Å². The number of halogens is 2. The van der Waals surface area contributed by atoms with Crippen molar-refractivity contribution in [1.29, 1.82) is 0 Å². The fourth-order valence-electron chi connectivity index (χ4n) is 2.11. The third kappa shape index (κ3) is 3.49. The van der Waals surface area contributed by atoms with E-state index in [0.717, 1.165) is 4.47 Å². The van der Waals surface area contributed by atoms with Crippen LogP contribution in [0.15, 0.2) is 33.6 Å². The van der Waals surface area contributed by atoms with Gasteiger partial charge in [0.1, 0.15) is 0 Å². The Balaban J connectivity index is 0.00000180. The monoisotopic (exact) mass is 368 g/mol. The number of nitrogens with zero attached hydrogens (tertiary/aromatic N) is 1. The summed E-state index contributed by atoms with van der Waals surface area (Å²) in [5, 5.41) is 3.28. The number of nitrogens with one attached hydrogen (secondary N) is 1. The van der Waals surface area contributed by atoms with Gasteiger partial charge in [-0.1, -0.05) is 15.9 Å². The predicted molar refractivity (Wildman–Crippen MR) is 82.2 cm³/mol. The summed E-state index contributed by atoms with van der Waals surface area (Å²) in [5.41, 5.74) is 0. The van der Waals surface area contributed by atoms with E-state index < -0.39 is 10.0 Å². The topological polar surface area (TPSA) is 49.4 Å². The Morgan fingerprint density at radius 3 is 2.42 bits per heavy atom. The molecule has 19 heavy (non-hydrogen) atoms. The van der Waals surface area contributed by atoms with Gasteiger partial charge in [0, 0.05) is 29.6 Å². The molecule has 1 fully saturated rings. The predicted octanol–water partition coefficient (Wildman–Crippen LogP) is 2.24. The molecule has 1 aliphatic rings. The maximum absolute atomic E-state index is 12.5. The van der Waals surface area contributed by atoms with Gasteiger partial charge >= 0.3 is 0 Å². The number of benzene rings is 1. The molecule has 2 atom stereocenters. The van der Waals surface area contributed by atoms with E-state index >= 15 is 0 Å². The van der Waals surface area contributed by atoms with Crippen molar-refractivity contribution in [2.24, 2.45) is 0 Å². The third-order valence-electron chi connectivity index (χ3n) is 3.40. The van der Waals surface area contributed by atoms with Crippen molar-refractivity contribution >= 4 is 38.4 Å². The van der Waals surface area contributed by atoms with Crippen LogP contribution >= 0.6 is 28.3 Å². The molecule has 1 aromatic rings. The zero-order valence-corrected chi connectivity index (χ0v) is 14.1. The summed E-state index contributed by atoms with van der Waals surface area (Å²) in [4.78, 5) is 0.353. The van der Waals surface area contributed by atoms with E-state index in [9.17, 15) is 8.42 Å². The summed E-state index contributed by atoms with van der Waals surface area (Å²) in [6.45, 7) is 5.16. The minimum absolute atomic E-state index is 0. The highest BCUT2D eigenvalue weighted by Crippen LogP contribution is 2.22. The molecule has 4 nitrogen and oxygen atoms in total. The van der Waals surface area contributed by atoms with E-state index in [1.54, 1.807) is 28.6 Å². The fraction of sp³-hybridized carbons (Fsp3) is 0.500. The molecule has 1 heterocycles. The molecule has 108 valence electrons. The number of hydrogen-bond donors (Lipinski definition) is 1. The second-order valence-corrected chi connectivity index (χ2v) is 7.36. The van der Waals surface area contributed by atoms with Crippen molar-refractivity contribution in [1.82, 2.24) is 9.62 Å². The Morgan fingerprint density at radius 1 is 1.26 bits per heavy atom. The molecule has 0 saturated carbocycles. The molecular weight excluding hydrogens is 352 g/mol. The minimum Gasteiger partial charge on any atom is -0.311 e. The van der Waals surface area contributed by atoms with Gasteiger partial charge in [-0.25, -0.2) is 8.42 Å². The molecule has 1 aliphatic heterocycles. The highest BCUT2D eigenvalue weighted by atomic mass is 79.9. The zero-order chi connectivity index (χ0) is 13.3. The maximum Gasteiger partial charge on any atom is 0.243 e. The first-order valence-corrected chi connectivity index (χ1v) is 8.17. The molecule has 0 aromatic heterocycles. The second kappa shape index (κ2) is 6.54. The number of rotatable bonds is 2. The quantitative estimate of drug-likeness (QED) is 0.870. The molecule has 1 saturated heterocycles. The molecule has 0 bridgehead atoms. The summed E-state index contributed by atoms with van der Waals surface area (Å²) in [7, 11) is -3.39. The Morgan fingerprint density at radius 2 is 1.84 bits per heavy atom. The maximum atomic E-state index is 12.5. The first kappa shape index (κ1) is 16.9. The highest BCUT2D eigenvalue weighted by Gasteiger charge is 2.34. The van der Waals surface area contributed by atoms with Crippen LogP contribution in [0.2, 0.25) is 0 Å². The smallest absolute Gasteiger partial charge is 0.243 e. The third-order valence-corrected chi connectivity index (χ3v) is 5.93. The summed E-state index contributed by atoms with van der Waals surface area (Å²) in [6.07, 6.45) is 0. The number of piperazine rings is 1. The van der Waals surface area contributed by atoms with Gasteiger partial charge in [-0.15, -0.1) is 12.4 Å². The van der Waals surface area contributed by atoms with Gasteiger partial charge in [-0.2, -0.15) is 4.31 Å². The Hall–Kier alpha value is -0.140. The van der Waals surface area contributed by atoms with Crippen LogP contribution in [-0.2, 0) is 10.0 Å². The van der Waals surface area contributed by atoms with Crippen molar-refractivity contribution in [2.75, 3.05) is 13.1 Å². The number of hydrogen-bond acceptors (Lipinski definition) is 3. The van der Waals surface area contributed by atoms with Crippen molar-refractivity contribution in [3.63, 3.8) is 0 Å². The van der Waals surface area contributed by atoms with Crippen LogP contribution < -0.4 is 5.32 Å². The lowest BCUT2D eigenvalue weighted by Crippen LogP contribution is -2.57. The fourth-order valence-corrected chi connectivity index (χ4v) is 4.07. The molecule has 1 N–H and O–H groups in total. The molecule has 7 heteroatoms. The van der Waals surface area contributed by atoms with E-state index in [2.05, 4.69) is 21.2 Å². The lowest BCUT2D eigenvalue weighted by atomic mass is 10.1. The molecule has 0 amide bonds. The lowest BCUT2D eigenvalue weighted by molar-refractivity contribution is 0.233. The summed E-state index contributed by atoms with van der Waals surface area (Å²) in [5.74, 6) is 0. The number of sulfonamides is 1. The van der Waals surface area contributed by atoms with Crippen LogP contribution in [0.4, 0.5) is 0 Å². The summed E-state index contributed by atoms with van der Waals surface area (Å²) < 4.78 is 27.5. The molecule has 2 unspecified atom stereocenters. The van der Waals surface area contributed by atoms with Gasteiger partial charge in [-0.05, 0) is 38.1 Å². The minimum atomic E-state index is -3.39. The average Bonchev–Trinajstić information content (AvgIpc) is 2.33. The van der Waals surface area contributed by atoms with E-state index in [4.69, 9.17) is 0 Å². The van der Waals surface area contributed by atoms with Crippen molar-refractivity contribution in [3.05, 3.63) is 28.7 Å². The molecule has 0 spiro atoms. The standard InChI is InChI=1S/C12H17BrN2O2S.ClH/c1-9-10(2)15(8-7-14-9)18(16,17)12-5-3-11(13)4-6-12;/h3-6,9-10,14H,7-8H2,1-2H3;1H. The Bertz CT molecular complexity index is 521. The molecule has 2 rings (SSSR count). The largest absolute Gasteiger partial charge is 0.311 e. The Kier molecular flexibility index (Phi) is 5.82. The van der Waals surface area contributed by atoms with Gasteiger partial charge in [0.2, 0.25) is 10.0 Å². The van der Waals surface area contributed by atoms with Crippen LogP contribution in [0.25, 0.3) is 0 Å². The van der Waals surface area contributed by atoms with Gasteiger partial charge in [-0.3, -0.25) is 0 Å². The van der Waals surface area contributed by atoms with E-state index in [-0.39, 0.29) is 24.5 Å². The molecular formula is C12H18BrClN2O2S. The normalized spacial score (nSPS) is 24.8. The first-order valence-electron chi connectivity index (χ1n) is 5.94. The average molecular weight is 370 g/mol. The highest BCUT2D eigenvalue weighted by molar-refractivity contribution is 9.10. The van der Waals surface area contributed by atoms with E-state index in [0.29, 0.717) is 18.0 Å². The molecule has 0 radical (unpaired) electrons. The van der Waals surface area contributed by atoms with Gasteiger partial charge in [0.15, 0.2) is 0 Å². The molecule has 0 aliphatic carbocycles. The first-order chi connectivity index (χ1) is 8.43. The van der Waals surface area contributed by atoms with Crippen LogP contribution in [0.3, 0.4) is 0 Å². The molecule has 1 aromatic carbocycles. The SMILES string of the molecule is CC1NCCN(S(=O)(=O)c2ccc(Br)cc2)C1C.Cl. The van der Waals surface area contributed by atoms with E-state index in [1.165, 1.54) is 0 Å². The summed E-state index contributed by atoms with van der Waals surface area (Å²) >= 11 is 3.31. The van der Waals surface area contributed by atoms with Crippen LogP contribution in [0, 0.1) is 0 Å². The van der Waals surface area contributed by atoms with Gasteiger partial charge in [0.25, 0.3) is 0 Å². The second-order valence-electron chi connectivity index (χ2n) is 4.55. The zero-order valence-electron chi connectivity index (χ0n) is 10.8. The van der Waals surface area contributed by atoms with Crippen molar-refractivity contribution in [3.8, 4) is 0 Å². The van der Waals surface area contributed by atoms with Crippen molar-refractivity contribution < 1.29 is 8.42 Å². The summed E-state index contributed by atoms with van der Waals surface area (Å²) in [6, 6.07) is 6.92. The van der Waals surface area contributed by atoms with Gasteiger partial charge in [0.05, 0.1) is 4.90 Å². The lowest BCUT2D eigenvalue weighted by Gasteiger charge is -2.37.